The van der Waals surface area contributed by atoms with Crippen molar-refractivity contribution in [2.24, 2.45) is 0 Å². The van der Waals surface area contributed by atoms with E-state index in [9.17, 15) is 8.42 Å². The van der Waals surface area contributed by atoms with Crippen LogP contribution >= 0.6 is 0 Å². The molecule has 0 bridgehead atoms. The van der Waals surface area contributed by atoms with Gasteiger partial charge < -0.3 is 5.32 Å². The molecule has 7 heteroatoms. The average Bonchev–Trinajstić information content (AvgIpc) is 2.29. The van der Waals surface area contributed by atoms with Crippen LogP contribution < -0.4 is 5.32 Å². The summed E-state index contributed by atoms with van der Waals surface area (Å²) >= 11 is 0. The molecule has 1 aliphatic rings. The molecule has 94 valence electrons. The summed E-state index contributed by atoms with van der Waals surface area (Å²) in [5.41, 5.74) is 0.706. The fourth-order valence-corrected chi connectivity index (χ4v) is 3.17. The van der Waals surface area contributed by atoms with Crippen molar-refractivity contribution >= 4 is 10.0 Å². The highest BCUT2D eigenvalue weighted by Crippen LogP contribution is 2.14. The van der Waals surface area contributed by atoms with E-state index in [4.69, 9.17) is 0 Å². The van der Waals surface area contributed by atoms with Crippen LogP contribution in [-0.4, -0.2) is 48.6 Å². The third-order valence-electron chi connectivity index (χ3n) is 2.71. The van der Waals surface area contributed by atoms with E-state index in [-0.39, 0.29) is 11.1 Å². The van der Waals surface area contributed by atoms with Gasteiger partial charge in [-0.15, -0.1) is 5.10 Å². The van der Waals surface area contributed by atoms with Crippen LogP contribution in [0.25, 0.3) is 0 Å². The molecule has 0 aromatic carbocycles. The molecule has 2 rings (SSSR count). The summed E-state index contributed by atoms with van der Waals surface area (Å²) in [7, 11) is -3.49. The lowest BCUT2D eigenvalue weighted by molar-refractivity contribution is 0.309. The first kappa shape index (κ1) is 12.4. The van der Waals surface area contributed by atoms with Gasteiger partial charge in [-0.05, 0) is 26.0 Å². The van der Waals surface area contributed by atoms with Crippen molar-refractivity contribution in [3.05, 3.63) is 17.8 Å². The van der Waals surface area contributed by atoms with E-state index in [2.05, 4.69) is 15.5 Å². The minimum atomic E-state index is -3.49. The van der Waals surface area contributed by atoms with Crippen molar-refractivity contribution in [3.8, 4) is 0 Å². The van der Waals surface area contributed by atoms with Crippen LogP contribution in [0.2, 0.25) is 0 Å². The highest BCUT2D eigenvalue weighted by molar-refractivity contribution is 7.89. The molecule has 1 aliphatic heterocycles. The van der Waals surface area contributed by atoms with Gasteiger partial charge in [0.25, 0.3) is 10.0 Å². The van der Waals surface area contributed by atoms with Gasteiger partial charge in [-0.3, -0.25) is 0 Å². The van der Waals surface area contributed by atoms with E-state index in [1.165, 1.54) is 10.4 Å². The molecule has 1 fully saturated rings. The third-order valence-corrected chi connectivity index (χ3v) is 4.47. The molecular weight excluding hydrogens is 240 g/mol. The Kier molecular flexibility index (Phi) is 3.41. The summed E-state index contributed by atoms with van der Waals surface area (Å²) in [5.74, 6) is 0. The number of piperazine rings is 1. The zero-order valence-electron chi connectivity index (χ0n) is 9.92. The van der Waals surface area contributed by atoms with Crippen molar-refractivity contribution in [1.82, 2.24) is 19.8 Å². The third kappa shape index (κ3) is 2.62. The first-order valence-electron chi connectivity index (χ1n) is 5.54. The number of hydrogen-bond acceptors (Lipinski definition) is 5. The molecule has 0 radical (unpaired) electrons. The molecule has 0 spiro atoms. The van der Waals surface area contributed by atoms with E-state index < -0.39 is 10.0 Å². The fourth-order valence-electron chi connectivity index (χ4n) is 1.77. The molecule has 1 N–H and O–H groups in total. The number of aryl methyl sites for hydroxylation is 1. The standard InChI is InChI=1S/C10H16N4O2S/c1-8-3-4-10(13-12-8)17(15,16)14-6-5-11-9(2)7-14/h3-4,9,11H,5-7H2,1-2H3/t9-/m1/s1. The van der Waals surface area contributed by atoms with Gasteiger partial charge in [0.15, 0.2) is 5.03 Å². The predicted molar refractivity (Wildman–Crippen MR) is 63.0 cm³/mol. The maximum atomic E-state index is 12.2. The first-order valence-corrected chi connectivity index (χ1v) is 6.98. The second kappa shape index (κ2) is 4.67. The Bertz CT molecular complexity index is 486. The van der Waals surface area contributed by atoms with Crippen LogP contribution in [0.5, 0.6) is 0 Å². The van der Waals surface area contributed by atoms with Gasteiger partial charge in [0, 0.05) is 25.7 Å². The summed E-state index contributed by atoms with van der Waals surface area (Å²) in [6.45, 7) is 5.35. The van der Waals surface area contributed by atoms with Crippen LogP contribution in [0.1, 0.15) is 12.6 Å². The van der Waals surface area contributed by atoms with Crippen molar-refractivity contribution in [3.63, 3.8) is 0 Å². The molecule has 0 aliphatic carbocycles. The molecule has 0 saturated carbocycles. The molecule has 1 atom stereocenters. The van der Waals surface area contributed by atoms with Crippen LogP contribution in [0, 0.1) is 6.92 Å². The molecule has 0 amide bonds. The normalized spacial score (nSPS) is 22.6. The zero-order valence-corrected chi connectivity index (χ0v) is 10.7. The lowest BCUT2D eigenvalue weighted by atomic mass is 10.3. The number of aromatic nitrogens is 2. The second-order valence-corrected chi connectivity index (χ2v) is 6.12. The summed E-state index contributed by atoms with van der Waals surface area (Å²) in [6.07, 6.45) is 0. The monoisotopic (exact) mass is 256 g/mol. The smallest absolute Gasteiger partial charge is 0.262 e. The Hall–Kier alpha value is -1.05. The Morgan fingerprint density at radius 3 is 2.76 bits per heavy atom. The van der Waals surface area contributed by atoms with Crippen LogP contribution in [-0.2, 0) is 10.0 Å². The largest absolute Gasteiger partial charge is 0.312 e. The highest BCUT2D eigenvalue weighted by Gasteiger charge is 2.29. The van der Waals surface area contributed by atoms with Crippen LogP contribution in [0.3, 0.4) is 0 Å². The zero-order chi connectivity index (χ0) is 12.5. The molecule has 0 unspecified atom stereocenters. The van der Waals surface area contributed by atoms with Crippen molar-refractivity contribution < 1.29 is 8.42 Å². The minimum Gasteiger partial charge on any atom is -0.312 e. The van der Waals surface area contributed by atoms with Crippen molar-refractivity contribution in [1.29, 1.82) is 0 Å². The summed E-state index contributed by atoms with van der Waals surface area (Å²) < 4.78 is 25.9. The number of nitrogens with one attached hydrogen (secondary N) is 1. The summed E-state index contributed by atoms with van der Waals surface area (Å²) in [5, 5.41) is 10.8. The molecule has 1 aromatic heterocycles. The molecular formula is C10H16N4O2S. The van der Waals surface area contributed by atoms with E-state index in [0.717, 1.165) is 0 Å². The SMILES string of the molecule is Cc1ccc(S(=O)(=O)N2CCN[C@H](C)C2)nn1. The van der Waals surface area contributed by atoms with Gasteiger partial charge in [0.2, 0.25) is 0 Å². The van der Waals surface area contributed by atoms with Crippen LogP contribution in [0.15, 0.2) is 17.2 Å². The minimum absolute atomic E-state index is 0.0252. The lowest BCUT2D eigenvalue weighted by Crippen LogP contribution is -2.51. The number of hydrogen-bond donors (Lipinski definition) is 1. The lowest BCUT2D eigenvalue weighted by Gasteiger charge is -2.30. The predicted octanol–water partition coefficient (Wildman–Crippen LogP) is -0.233. The Balaban J connectivity index is 2.26. The van der Waals surface area contributed by atoms with E-state index in [0.29, 0.717) is 25.3 Å². The van der Waals surface area contributed by atoms with Gasteiger partial charge in [-0.2, -0.15) is 9.40 Å². The maximum Gasteiger partial charge on any atom is 0.262 e. The van der Waals surface area contributed by atoms with Gasteiger partial charge in [0.1, 0.15) is 0 Å². The number of sulfonamides is 1. The molecule has 1 aromatic rings. The van der Waals surface area contributed by atoms with Gasteiger partial charge in [-0.1, -0.05) is 0 Å². The summed E-state index contributed by atoms with van der Waals surface area (Å²) in [4.78, 5) is 0. The van der Waals surface area contributed by atoms with Crippen molar-refractivity contribution in [2.45, 2.75) is 24.9 Å². The molecule has 17 heavy (non-hydrogen) atoms. The second-order valence-electron chi connectivity index (χ2n) is 4.23. The number of nitrogens with zero attached hydrogens (tertiary/aromatic N) is 3. The van der Waals surface area contributed by atoms with Gasteiger partial charge >= 0.3 is 0 Å². The molecule has 6 nitrogen and oxygen atoms in total. The molecule has 2 heterocycles. The maximum absolute atomic E-state index is 12.2. The Morgan fingerprint density at radius 2 is 2.18 bits per heavy atom. The van der Waals surface area contributed by atoms with Gasteiger partial charge in [-0.25, -0.2) is 8.42 Å². The quantitative estimate of drug-likeness (QED) is 0.791. The van der Waals surface area contributed by atoms with E-state index in [1.54, 1.807) is 13.0 Å². The van der Waals surface area contributed by atoms with Gasteiger partial charge in [0.05, 0.1) is 5.69 Å². The highest BCUT2D eigenvalue weighted by atomic mass is 32.2. The topological polar surface area (TPSA) is 75.2 Å². The Labute approximate surface area is 101 Å². The number of rotatable bonds is 2. The summed E-state index contributed by atoms with van der Waals surface area (Å²) in [6, 6.07) is 3.33. The van der Waals surface area contributed by atoms with E-state index in [1.807, 2.05) is 6.92 Å². The van der Waals surface area contributed by atoms with E-state index >= 15 is 0 Å². The average molecular weight is 256 g/mol. The molecule has 1 saturated heterocycles. The fraction of sp³-hybridized carbons (Fsp3) is 0.600. The van der Waals surface area contributed by atoms with Crippen LogP contribution in [0.4, 0.5) is 0 Å². The Morgan fingerprint density at radius 1 is 1.41 bits per heavy atom. The van der Waals surface area contributed by atoms with Crippen molar-refractivity contribution in [2.75, 3.05) is 19.6 Å². The first-order chi connectivity index (χ1) is 8.00.